The molecule has 1 heterocycles. The number of anilines is 2. The van der Waals surface area contributed by atoms with Gasteiger partial charge in [-0.05, 0) is 30.2 Å². The summed E-state index contributed by atoms with van der Waals surface area (Å²) in [5, 5.41) is 13.8. The van der Waals surface area contributed by atoms with Gasteiger partial charge in [-0.15, -0.1) is 11.3 Å². The number of thiophene rings is 1. The molecule has 1 unspecified atom stereocenters. The van der Waals surface area contributed by atoms with Gasteiger partial charge in [0.2, 0.25) is 6.41 Å². The van der Waals surface area contributed by atoms with Crippen molar-refractivity contribution in [2.45, 2.75) is 18.9 Å². The summed E-state index contributed by atoms with van der Waals surface area (Å²) in [5.74, 6) is -0.980. The summed E-state index contributed by atoms with van der Waals surface area (Å²) < 4.78 is 0.972. The highest BCUT2D eigenvalue weighted by molar-refractivity contribution is 7.23. The second-order valence-electron chi connectivity index (χ2n) is 5.84. The molecule has 0 saturated heterocycles. The molecular formula is C19H15ClN2O4S. The maximum Gasteiger partial charge on any atom is 0.303 e. The van der Waals surface area contributed by atoms with Crippen molar-refractivity contribution < 1.29 is 14.7 Å². The Hall–Kier alpha value is -2.77. The van der Waals surface area contributed by atoms with Gasteiger partial charge < -0.3 is 5.11 Å². The number of halogens is 1. The van der Waals surface area contributed by atoms with E-state index >= 15 is 0 Å². The molecular weight excluding hydrogens is 388 g/mol. The molecule has 1 amide bonds. The molecule has 6 nitrogen and oxygen atoms in total. The van der Waals surface area contributed by atoms with Crippen LogP contribution >= 0.6 is 22.9 Å². The summed E-state index contributed by atoms with van der Waals surface area (Å²) in [6.07, 6.45) is 0.666. The second-order valence-corrected chi connectivity index (χ2v) is 7.25. The first-order valence-corrected chi connectivity index (χ1v) is 9.30. The molecule has 0 spiro atoms. The zero-order valence-corrected chi connectivity index (χ0v) is 15.6. The van der Waals surface area contributed by atoms with Gasteiger partial charge in [0.15, 0.2) is 0 Å². The van der Waals surface area contributed by atoms with Crippen molar-refractivity contribution in [3.8, 4) is 0 Å². The van der Waals surface area contributed by atoms with Gasteiger partial charge in [-0.1, -0.05) is 47.1 Å². The maximum atomic E-state index is 11.7. The fourth-order valence-corrected chi connectivity index (χ4v) is 4.29. The Labute approximate surface area is 164 Å². The van der Waals surface area contributed by atoms with Crippen LogP contribution in [0.1, 0.15) is 24.4 Å². The van der Waals surface area contributed by atoms with Crippen LogP contribution in [0.15, 0.2) is 53.7 Å². The SMILES string of the molecule is O=CN(c1ccc(C(CCC(=O)O)N=O)cc1)c1sc2ccccc2c1Cl. The number of nitrogens with zero attached hydrogens (tertiary/aromatic N) is 2. The van der Waals surface area contributed by atoms with Crippen molar-refractivity contribution in [3.63, 3.8) is 0 Å². The topological polar surface area (TPSA) is 87.0 Å². The van der Waals surface area contributed by atoms with Crippen molar-refractivity contribution in [1.29, 1.82) is 0 Å². The van der Waals surface area contributed by atoms with Crippen molar-refractivity contribution >= 4 is 56.1 Å². The third-order valence-corrected chi connectivity index (χ3v) is 5.82. The Kier molecular flexibility index (Phi) is 5.83. The minimum Gasteiger partial charge on any atom is -0.481 e. The Bertz CT molecular complexity index is 987. The van der Waals surface area contributed by atoms with E-state index in [1.165, 1.54) is 16.2 Å². The monoisotopic (exact) mass is 402 g/mol. The van der Waals surface area contributed by atoms with E-state index in [0.717, 1.165) is 10.1 Å². The zero-order valence-electron chi connectivity index (χ0n) is 14.0. The van der Waals surface area contributed by atoms with Crippen LogP contribution in [0.5, 0.6) is 0 Å². The highest BCUT2D eigenvalue weighted by atomic mass is 35.5. The lowest BCUT2D eigenvalue weighted by Gasteiger charge is -2.17. The predicted molar refractivity (Wildman–Crippen MR) is 107 cm³/mol. The van der Waals surface area contributed by atoms with E-state index < -0.39 is 12.0 Å². The molecule has 1 N–H and O–H groups in total. The van der Waals surface area contributed by atoms with Gasteiger partial charge in [0.25, 0.3) is 0 Å². The number of benzene rings is 2. The number of aliphatic carboxylic acids is 1. The molecule has 3 rings (SSSR count). The van der Waals surface area contributed by atoms with Crippen LogP contribution in [-0.2, 0) is 9.59 Å². The molecule has 0 bridgehead atoms. The van der Waals surface area contributed by atoms with E-state index in [0.29, 0.717) is 27.7 Å². The van der Waals surface area contributed by atoms with Crippen molar-refractivity contribution in [2.24, 2.45) is 5.18 Å². The van der Waals surface area contributed by atoms with Gasteiger partial charge in [0.05, 0.1) is 5.02 Å². The van der Waals surface area contributed by atoms with Gasteiger partial charge in [-0.3, -0.25) is 14.5 Å². The van der Waals surface area contributed by atoms with Gasteiger partial charge >= 0.3 is 5.97 Å². The average Bonchev–Trinajstić information content (AvgIpc) is 3.01. The highest BCUT2D eigenvalue weighted by Gasteiger charge is 2.19. The Balaban J connectivity index is 1.89. The molecule has 1 atom stereocenters. The Morgan fingerprint density at radius 2 is 1.93 bits per heavy atom. The predicted octanol–water partition coefficient (Wildman–Crippen LogP) is 5.52. The third kappa shape index (κ3) is 3.99. The smallest absolute Gasteiger partial charge is 0.303 e. The third-order valence-electron chi connectivity index (χ3n) is 4.16. The van der Waals surface area contributed by atoms with Crippen molar-refractivity contribution in [1.82, 2.24) is 0 Å². The first-order valence-electron chi connectivity index (χ1n) is 8.11. The zero-order chi connectivity index (χ0) is 19.4. The van der Waals surface area contributed by atoms with E-state index in [2.05, 4.69) is 5.18 Å². The fourth-order valence-electron chi connectivity index (χ4n) is 2.78. The van der Waals surface area contributed by atoms with Gasteiger partial charge in [0, 0.05) is 22.2 Å². The Morgan fingerprint density at radius 3 is 2.52 bits per heavy atom. The standard InChI is InChI=1S/C19H15ClN2O4S/c20-18-14-3-1-2-4-16(14)27-19(18)22(11-23)13-7-5-12(6-8-13)15(21-26)9-10-17(24)25/h1-8,11,15H,9-10H2,(H,24,25). The number of rotatable bonds is 8. The molecule has 27 heavy (non-hydrogen) atoms. The number of hydrogen-bond acceptors (Lipinski definition) is 5. The normalized spacial score (nSPS) is 11.9. The quantitative estimate of drug-likeness (QED) is 0.397. The van der Waals surface area contributed by atoms with Gasteiger partial charge in [0.1, 0.15) is 11.0 Å². The summed E-state index contributed by atoms with van der Waals surface area (Å²) in [4.78, 5) is 34.9. The summed E-state index contributed by atoms with van der Waals surface area (Å²) in [6.45, 7) is 0. The molecule has 138 valence electrons. The second kappa shape index (κ2) is 8.28. The number of carbonyl (C=O) groups excluding carboxylic acids is 1. The largest absolute Gasteiger partial charge is 0.481 e. The molecule has 0 saturated carbocycles. The minimum absolute atomic E-state index is 0.123. The number of nitroso groups, excluding NO2 is 1. The van der Waals surface area contributed by atoms with Gasteiger partial charge in [-0.25, -0.2) is 0 Å². The Morgan fingerprint density at radius 1 is 1.22 bits per heavy atom. The van der Waals surface area contributed by atoms with Gasteiger partial charge in [-0.2, -0.15) is 4.91 Å². The molecule has 3 aromatic rings. The minimum atomic E-state index is -0.980. The van der Waals surface area contributed by atoms with E-state index in [9.17, 15) is 14.5 Å². The van der Waals surface area contributed by atoms with Crippen LogP contribution in [0.3, 0.4) is 0 Å². The van der Waals surface area contributed by atoms with Crippen LogP contribution in [-0.4, -0.2) is 17.5 Å². The molecule has 0 aliphatic carbocycles. The molecule has 0 aliphatic heterocycles. The first kappa shape index (κ1) is 19.0. The average molecular weight is 403 g/mol. The summed E-state index contributed by atoms with van der Waals surface area (Å²) in [5.41, 5.74) is 1.19. The lowest BCUT2D eigenvalue weighted by molar-refractivity contribution is -0.137. The summed E-state index contributed by atoms with van der Waals surface area (Å²) in [6, 6.07) is 13.6. The van der Waals surface area contributed by atoms with Crippen molar-refractivity contribution in [2.75, 3.05) is 4.90 Å². The highest BCUT2D eigenvalue weighted by Crippen LogP contribution is 2.43. The number of carboxylic acids is 1. The van der Waals surface area contributed by atoms with E-state index in [-0.39, 0.29) is 12.8 Å². The van der Waals surface area contributed by atoms with Crippen LogP contribution in [0.2, 0.25) is 5.02 Å². The van der Waals surface area contributed by atoms with E-state index in [1.54, 1.807) is 24.3 Å². The summed E-state index contributed by atoms with van der Waals surface area (Å²) in [7, 11) is 0. The number of carbonyl (C=O) groups is 2. The molecule has 2 aromatic carbocycles. The van der Waals surface area contributed by atoms with Crippen LogP contribution in [0, 0.1) is 4.91 Å². The lowest BCUT2D eigenvalue weighted by atomic mass is 10.0. The fraction of sp³-hybridized carbons (Fsp3) is 0.158. The number of hydrogen-bond donors (Lipinski definition) is 1. The van der Waals surface area contributed by atoms with Crippen molar-refractivity contribution in [3.05, 3.63) is 64.0 Å². The molecule has 0 aliphatic rings. The molecule has 0 fully saturated rings. The van der Waals surface area contributed by atoms with E-state index in [1.807, 2.05) is 24.3 Å². The van der Waals surface area contributed by atoms with Crippen LogP contribution in [0.4, 0.5) is 10.7 Å². The first-order chi connectivity index (χ1) is 13.0. The number of amides is 1. The van der Waals surface area contributed by atoms with Crippen LogP contribution in [0.25, 0.3) is 10.1 Å². The lowest BCUT2D eigenvalue weighted by Crippen LogP contribution is -2.13. The maximum absolute atomic E-state index is 11.7. The van der Waals surface area contributed by atoms with E-state index in [4.69, 9.17) is 16.7 Å². The molecule has 0 radical (unpaired) electrons. The molecule has 1 aromatic heterocycles. The summed E-state index contributed by atoms with van der Waals surface area (Å²) >= 11 is 7.86. The van der Waals surface area contributed by atoms with Crippen LogP contribution < -0.4 is 4.90 Å². The number of fused-ring (bicyclic) bond motifs is 1. The molecule has 8 heteroatoms. The number of carboxylic acid groups (broad SMARTS) is 1.